The van der Waals surface area contributed by atoms with E-state index in [9.17, 15) is 14.3 Å². The Kier molecular flexibility index (Phi) is 50.4. The van der Waals surface area contributed by atoms with Crippen LogP contribution in [0.2, 0.25) is 0 Å². The third-order valence-corrected chi connectivity index (χ3v) is 11.3. The molecule has 0 heterocycles. The zero-order chi connectivity index (χ0) is 48.0. The maximum absolute atomic E-state index is 12.7. The normalized spacial score (nSPS) is 14.3. The number of ether oxygens (including phenoxy) is 2. The Morgan fingerprint density at radius 1 is 0.470 bits per heavy atom. The molecule has 0 bridgehead atoms. The van der Waals surface area contributed by atoms with Crippen molar-refractivity contribution in [2.45, 2.75) is 200 Å². The van der Waals surface area contributed by atoms with Crippen molar-refractivity contribution in [3.8, 4) is 0 Å². The molecule has 0 rings (SSSR count). The Morgan fingerprint density at radius 2 is 0.848 bits per heavy atom. The fourth-order valence-electron chi connectivity index (χ4n) is 6.57. The SMILES string of the molecule is CC/C=C\C/C=C\C/C=C\C/C=C\C/C=C\C/C=C\C/C=C\CCCCCCOCC(COP(=O)(O)OCCN)OC(=O)CCCCCCCC/C=C\C/C=C\C/C=C\CCCCCCC. The van der Waals surface area contributed by atoms with Gasteiger partial charge >= 0.3 is 13.8 Å². The van der Waals surface area contributed by atoms with Crippen LogP contribution in [-0.4, -0.2) is 49.9 Å². The van der Waals surface area contributed by atoms with Gasteiger partial charge in [-0.05, 0) is 109 Å². The molecule has 0 aliphatic carbocycles. The minimum atomic E-state index is -4.31. The summed E-state index contributed by atoms with van der Waals surface area (Å²) in [5.74, 6) is -0.357. The zero-order valence-corrected chi connectivity index (χ0v) is 42.8. The number of hydrogen-bond acceptors (Lipinski definition) is 7. The van der Waals surface area contributed by atoms with Crippen molar-refractivity contribution in [2.24, 2.45) is 5.73 Å². The molecule has 9 heteroatoms. The third-order valence-electron chi connectivity index (χ3n) is 10.4. The van der Waals surface area contributed by atoms with Crippen molar-refractivity contribution >= 4 is 13.8 Å². The number of carbonyl (C=O) groups is 1. The van der Waals surface area contributed by atoms with Crippen LogP contribution in [0.15, 0.2) is 122 Å². The number of phosphoric acid groups is 1. The second-order valence-electron chi connectivity index (χ2n) is 16.6. The maximum atomic E-state index is 12.7. The number of carbonyl (C=O) groups excluding carboxylic acids is 1. The van der Waals surface area contributed by atoms with E-state index in [1.54, 1.807) is 0 Å². The van der Waals surface area contributed by atoms with Crippen LogP contribution in [-0.2, 0) is 27.9 Å². The van der Waals surface area contributed by atoms with Crippen molar-refractivity contribution in [3.63, 3.8) is 0 Å². The van der Waals surface area contributed by atoms with E-state index in [-0.39, 0.29) is 38.8 Å². The highest BCUT2D eigenvalue weighted by Gasteiger charge is 2.25. The number of rotatable bonds is 48. The molecule has 66 heavy (non-hydrogen) atoms. The van der Waals surface area contributed by atoms with Gasteiger partial charge in [-0.15, -0.1) is 0 Å². The first kappa shape index (κ1) is 62.9. The van der Waals surface area contributed by atoms with Crippen molar-refractivity contribution in [1.82, 2.24) is 0 Å². The molecule has 376 valence electrons. The van der Waals surface area contributed by atoms with Gasteiger partial charge in [0.15, 0.2) is 0 Å². The van der Waals surface area contributed by atoms with Crippen LogP contribution in [0.4, 0.5) is 0 Å². The molecule has 0 saturated carbocycles. The fourth-order valence-corrected chi connectivity index (χ4v) is 7.34. The fraction of sp³-hybridized carbons (Fsp3) is 0.632. The standard InChI is InChI=1S/C57H96NO7P/c1-3-5-7-9-11-13-15-17-19-21-23-25-26-27-28-29-31-33-35-37-39-41-43-45-47-49-52-62-54-56(55-64-66(60,61)63-53-51-58)65-57(59)50-48-46-44-42-40-38-36-34-32-30-24-22-20-18-16-14-12-10-8-6-4-2/h5,7,11,13,16-19,22-25,27-28,31-34,37,39,56H,3-4,6,8-10,12,14-15,20-21,26,29-30,35-36,38,40-55,58H2,1-2H3,(H,60,61)/b7-5-,13-11-,18-16-,19-17-,24-22-,25-23-,28-27-,33-31-,34-32-,39-37-. The molecule has 0 aromatic heterocycles. The molecule has 0 radical (unpaired) electrons. The van der Waals surface area contributed by atoms with E-state index in [1.165, 1.54) is 51.4 Å². The molecule has 0 aliphatic rings. The Balaban J connectivity index is 4.09. The summed E-state index contributed by atoms with van der Waals surface area (Å²) in [6.45, 7) is 4.69. The van der Waals surface area contributed by atoms with E-state index in [1.807, 2.05) is 0 Å². The van der Waals surface area contributed by atoms with E-state index in [0.29, 0.717) is 6.61 Å². The molecule has 0 aliphatic heterocycles. The molecule has 8 nitrogen and oxygen atoms in total. The van der Waals surface area contributed by atoms with Crippen LogP contribution in [0.1, 0.15) is 194 Å². The molecule has 0 amide bonds. The lowest BCUT2D eigenvalue weighted by Gasteiger charge is -2.20. The molecule has 0 spiro atoms. The van der Waals surface area contributed by atoms with Crippen LogP contribution in [0, 0.1) is 0 Å². The summed E-state index contributed by atoms with van der Waals surface area (Å²) < 4.78 is 33.6. The van der Waals surface area contributed by atoms with Crippen molar-refractivity contribution < 1.29 is 32.8 Å². The number of unbranched alkanes of at least 4 members (excludes halogenated alkanes) is 15. The zero-order valence-electron chi connectivity index (χ0n) is 41.9. The summed E-state index contributed by atoms with van der Waals surface area (Å²) >= 11 is 0. The van der Waals surface area contributed by atoms with Gasteiger partial charge in [0.05, 0.1) is 19.8 Å². The topological polar surface area (TPSA) is 117 Å². The van der Waals surface area contributed by atoms with Crippen molar-refractivity contribution in [2.75, 3.05) is 33.0 Å². The summed E-state index contributed by atoms with van der Waals surface area (Å²) in [5, 5.41) is 0. The lowest BCUT2D eigenvalue weighted by Crippen LogP contribution is -2.28. The van der Waals surface area contributed by atoms with Gasteiger partial charge in [-0.25, -0.2) is 4.57 Å². The van der Waals surface area contributed by atoms with Crippen LogP contribution in [0.25, 0.3) is 0 Å². The molecule has 3 N–H and O–H groups in total. The highest BCUT2D eigenvalue weighted by Crippen LogP contribution is 2.43. The highest BCUT2D eigenvalue weighted by molar-refractivity contribution is 7.47. The quantitative estimate of drug-likeness (QED) is 0.0268. The highest BCUT2D eigenvalue weighted by atomic mass is 31.2. The largest absolute Gasteiger partial charge is 0.472 e. The van der Waals surface area contributed by atoms with Crippen LogP contribution >= 0.6 is 7.82 Å². The van der Waals surface area contributed by atoms with E-state index in [0.717, 1.165) is 122 Å². The number of nitrogens with two attached hydrogens (primary N) is 1. The minimum absolute atomic E-state index is 0.0847. The smallest absolute Gasteiger partial charge is 0.457 e. The average molecular weight is 938 g/mol. The lowest BCUT2D eigenvalue weighted by atomic mass is 10.1. The first-order chi connectivity index (χ1) is 32.4. The summed E-state index contributed by atoms with van der Waals surface area (Å²) in [6, 6.07) is 0. The first-order valence-corrected chi connectivity index (χ1v) is 27.5. The maximum Gasteiger partial charge on any atom is 0.472 e. The van der Waals surface area contributed by atoms with Gasteiger partial charge in [-0.1, -0.05) is 200 Å². The summed E-state index contributed by atoms with van der Waals surface area (Å²) in [4.78, 5) is 22.6. The summed E-state index contributed by atoms with van der Waals surface area (Å²) in [6.07, 6.45) is 73.7. The molecule has 0 aromatic rings. The Morgan fingerprint density at radius 3 is 1.27 bits per heavy atom. The van der Waals surface area contributed by atoms with E-state index < -0.39 is 13.9 Å². The van der Waals surface area contributed by atoms with E-state index in [4.69, 9.17) is 24.3 Å². The van der Waals surface area contributed by atoms with Gasteiger partial charge in [0, 0.05) is 19.6 Å². The van der Waals surface area contributed by atoms with Crippen LogP contribution < -0.4 is 5.73 Å². The van der Waals surface area contributed by atoms with Gasteiger partial charge in [-0.3, -0.25) is 13.8 Å². The Hall–Kier alpha value is -3.10. The molecule has 0 aromatic carbocycles. The second-order valence-corrected chi connectivity index (χ2v) is 18.1. The van der Waals surface area contributed by atoms with E-state index >= 15 is 0 Å². The average Bonchev–Trinajstić information content (AvgIpc) is 3.31. The number of phosphoric ester groups is 1. The van der Waals surface area contributed by atoms with Gasteiger partial charge in [0.25, 0.3) is 0 Å². The first-order valence-electron chi connectivity index (χ1n) is 26.0. The predicted molar refractivity (Wildman–Crippen MR) is 284 cm³/mol. The van der Waals surface area contributed by atoms with Gasteiger partial charge in [-0.2, -0.15) is 0 Å². The number of hydrogen-bond donors (Lipinski definition) is 2. The number of allylic oxidation sites excluding steroid dienone is 20. The van der Waals surface area contributed by atoms with E-state index in [2.05, 4.69) is 135 Å². The Bertz CT molecular complexity index is 1420. The molecule has 0 fully saturated rings. The minimum Gasteiger partial charge on any atom is -0.457 e. The molecule has 2 atom stereocenters. The van der Waals surface area contributed by atoms with Crippen LogP contribution in [0.3, 0.4) is 0 Å². The van der Waals surface area contributed by atoms with Gasteiger partial charge < -0.3 is 20.1 Å². The van der Waals surface area contributed by atoms with Crippen molar-refractivity contribution in [1.29, 1.82) is 0 Å². The second kappa shape index (κ2) is 52.9. The molecular formula is C57H96NO7P. The van der Waals surface area contributed by atoms with Crippen LogP contribution in [0.5, 0.6) is 0 Å². The monoisotopic (exact) mass is 938 g/mol. The molecule has 2 unspecified atom stereocenters. The Labute approximate surface area is 405 Å². The van der Waals surface area contributed by atoms with Crippen molar-refractivity contribution in [3.05, 3.63) is 122 Å². The summed E-state index contributed by atoms with van der Waals surface area (Å²) in [5.41, 5.74) is 5.39. The van der Waals surface area contributed by atoms with Gasteiger partial charge in [0.1, 0.15) is 6.10 Å². The predicted octanol–water partition coefficient (Wildman–Crippen LogP) is 16.5. The molecular weight excluding hydrogens is 842 g/mol. The summed E-state index contributed by atoms with van der Waals surface area (Å²) in [7, 11) is -4.31. The molecule has 0 saturated heterocycles. The lowest BCUT2D eigenvalue weighted by molar-refractivity contribution is -0.154. The van der Waals surface area contributed by atoms with Gasteiger partial charge in [0.2, 0.25) is 0 Å². The number of esters is 1. The third kappa shape index (κ3) is 51.9.